The summed E-state index contributed by atoms with van der Waals surface area (Å²) in [7, 11) is 0. The van der Waals surface area contributed by atoms with Crippen LogP contribution in [0.25, 0.3) is 0 Å². The van der Waals surface area contributed by atoms with Crippen molar-refractivity contribution in [2.45, 2.75) is 57.7 Å². The Kier molecular flexibility index (Phi) is 6.87. The van der Waals surface area contributed by atoms with Gasteiger partial charge >= 0.3 is 5.97 Å². The topological polar surface area (TPSA) is 49.8 Å². The second-order valence-corrected chi connectivity index (χ2v) is 5.94. The molecule has 0 spiro atoms. The first-order valence-corrected chi connectivity index (χ1v) is 8.33. The molecule has 1 N–H and O–H groups in total. The summed E-state index contributed by atoms with van der Waals surface area (Å²) in [5.41, 5.74) is 1.19. The number of aliphatic hydroxyl groups is 1. The van der Waals surface area contributed by atoms with Gasteiger partial charge in [-0.05, 0) is 31.2 Å². The van der Waals surface area contributed by atoms with Gasteiger partial charge in [0.25, 0.3) is 0 Å². The lowest BCUT2D eigenvalue weighted by Gasteiger charge is -2.29. The highest BCUT2D eigenvalue weighted by Gasteiger charge is 2.38. The lowest BCUT2D eigenvalue weighted by Crippen LogP contribution is -2.41. The number of nitrogens with zero attached hydrogens (tertiary/aromatic N) is 1. The summed E-state index contributed by atoms with van der Waals surface area (Å²) >= 11 is 0. The normalized spacial score (nSPS) is 21.9. The van der Waals surface area contributed by atoms with Crippen LogP contribution in [0.5, 0.6) is 0 Å². The standard InChI is InChI=1S/C18H27NO3/c1-2-3-13-22-18(21)17-10-9-16(11-12-20)19(17)14-15-7-5-4-6-8-15/h4-8,16-17,20H,2-3,9-14H2,1H3/t16-,17+/m1/s1. The van der Waals surface area contributed by atoms with Crippen molar-refractivity contribution in [1.29, 1.82) is 0 Å². The SMILES string of the molecule is CCCCOC(=O)[C@@H]1CC[C@H](CCO)N1Cc1ccccc1. The number of hydrogen-bond acceptors (Lipinski definition) is 4. The minimum Gasteiger partial charge on any atom is -0.465 e. The van der Waals surface area contributed by atoms with E-state index in [1.54, 1.807) is 0 Å². The Balaban J connectivity index is 2.02. The second kappa shape index (κ2) is 8.91. The number of esters is 1. The first-order valence-electron chi connectivity index (χ1n) is 8.33. The van der Waals surface area contributed by atoms with E-state index in [4.69, 9.17) is 4.74 Å². The van der Waals surface area contributed by atoms with Crippen molar-refractivity contribution < 1.29 is 14.6 Å². The molecule has 0 aromatic heterocycles. The molecule has 1 fully saturated rings. The summed E-state index contributed by atoms with van der Waals surface area (Å²) in [4.78, 5) is 14.6. The molecule has 122 valence electrons. The van der Waals surface area contributed by atoms with Gasteiger partial charge in [-0.25, -0.2) is 0 Å². The molecule has 4 heteroatoms. The predicted molar refractivity (Wildman–Crippen MR) is 86.4 cm³/mol. The number of unbranched alkanes of at least 4 members (excludes halogenated alkanes) is 1. The van der Waals surface area contributed by atoms with E-state index in [-0.39, 0.29) is 24.7 Å². The molecular weight excluding hydrogens is 278 g/mol. The Hall–Kier alpha value is -1.39. The van der Waals surface area contributed by atoms with Crippen LogP contribution in [0, 0.1) is 0 Å². The smallest absolute Gasteiger partial charge is 0.323 e. The van der Waals surface area contributed by atoms with Crippen molar-refractivity contribution >= 4 is 5.97 Å². The number of hydrogen-bond donors (Lipinski definition) is 1. The minimum absolute atomic E-state index is 0.107. The van der Waals surface area contributed by atoms with Crippen molar-refractivity contribution in [1.82, 2.24) is 4.90 Å². The van der Waals surface area contributed by atoms with E-state index in [2.05, 4.69) is 24.0 Å². The number of carbonyl (C=O) groups excluding carboxylic acids is 1. The maximum absolute atomic E-state index is 12.3. The van der Waals surface area contributed by atoms with Crippen molar-refractivity contribution in [3.8, 4) is 0 Å². The second-order valence-electron chi connectivity index (χ2n) is 5.94. The third kappa shape index (κ3) is 4.55. The van der Waals surface area contributed by atoms with Gasteiger partial charge in [0.2, 0.25) is 0 Å². The summed E-state index contributed by atoms with van der Waals surface area (Å²) in [6, 6.07) is 10.3. The Morgan fingerprint density at radius 2 is 2.09 bits per heavy atom. The van der Waals surface area contributed by atoms with Gasteiger partial charge in [0.1, 0.15) is 6.04 Å². The number of likely N-dealkylation sites (tertiary alicyclic amines) is 1. The largest absolute Gasteiger partial charge is 0.465 e. The minimum atomic E-state index is -0.173. The lowest BCUT2D eigenvalue weighted by molar-refractivity contribution is -0.149. The molecule has 4 nitrogen and oxygen atoms in total. The van der Waals surface area contributed by atoms with Gasteiger partial charge in [0.05, 0.1) is 6.61 Å². The summed E-state index contributed by atoms with van der Waals surface area (Å²) in [6.45, 7) is 3.49. The number of rotatable bonds is 8. The number of carbonyl (C=O) groups is 1. The molecule has 22 heavy (non-hydrogen) atoms. The van der Waals surface area contributed by atoms with Crippen molar-refractivity contribution in [3.05, 3.63) is 35.9 Å². The Morgan fingerprint density at radius 3 is 2.77 bits per heavy atom. The molecule has 2 atom stereocenters. The molecule has 0 unspecified atom stereocenters. The number of benzene rings is 1. The zero-order valence-corrected chi connectivity index (χ0v) is 13.4. The number of aliphatic hydroxyl groups excluding tert-OH is 1. The highest BCUT2D eigenvalue weighted by atomic mass is 16.5. The average Bonchev–Trinajstić information content (AvgIpc) is 2.92. The van der Waals surface area contributed by atoms with E-state index < -0.39 is 0 Å². The van der Waals surface area contributed by atoms with Crippen LogP contribution < -0.4 is 0 Å². The van der Waals surface area contributed by atoms with Crippen LogP contribution in [0.2, 0.25) is 0 Å². The summed E-state index contributed by atoms with van der Waals surface area (Å²) in [6.07, 6.45) is 4.42. The highest BCUT2D eigenvalue weighted by molar-refractivity contribution is 5.76. The molecule has 1 saturated heterocycles. The van der Waals surface area contributed by atoms with Crippen molar-refractivity contribution in [2.24, 2.45) is 0 Å². The fourth-order valence-electron chi connectivity index (χ4n) is 3.10. The summed E-state index contributed by atoms with van der Waals surface area (Å²) < 4.78 is 5.42. The van der Waals surface area contributed by atoms with Crippen LogP contribution in [0.1, 0.15) is 44.6 Å². The van der Waals surface area contributed by atoms with Gasteiger partial charge in [-0.15, -0.1) is 0 Å². The molecule has 0 radical (unpaired) electrons. The molecule has 1 aliphatic rings. The van der Waals surface area contributed by atoms with Crippen molar-refractivity contribution in [3.63, 3.8) is 0 Å². The molecule has 0 bridgehead atoms. The van der Waals surface area contributed by atoms with Crippen LogP contribution in [0.3, 0.4) is 0 Å². The average molecular weight is 305 g/mol. The quantitative estimate of drug-likeness (QED) is 0.593. The number of ether oxygens (including phenoxy) is 1. The van der Waals surface area contributed by atoms with Crippen LogP contribution >= 0.6 is 0 Å². The fraction of sp³-hybridized carbons (Fsp3) is 0.611. The first kappa shape index (κ1) is 17.0. The van der Waals surface area contributed by atoms with E-state index in [0.717, 1.165) is 32.2 Å². The van der Waals surface area contributed by atoms with Gasteiger partial charge in [0.15, 0.2) is 0 Å². The molecular formula is C18H27NO3. The van der Waals surface area contributed by atoms with Gasteiger partial charge in [-0.1, -0.05) is 43.7 Å². The van der Waals surface area contributed by atoms with Crippen LogP contribution in [-0.4, -0.2) is 41.3 Å². The van der Waals surface area contributed by atoms with Crippen LogP contribution in [0.4, 0.5) is 0 Å². The molecule has 0 aliphatic carbocycles. The first-order chi connectivity index (χ1) is 10.8. The third-order valence-electron chi connectivity index (χ3n) is 4.33. The highest BCUT2D eigenvalue weighted by Crippen LogP contribution is 2.29. The van der Waals surface area contributed by atoms with Gasteiger partial charge < -0.3 is 9.84 Å². The van der Waals surface area contributed by atoms with Crippen LogP contribution in [-0.2, 0) is 16.1 Å². The molecule has 0 amide bonds. The zero-order chi connectivity index (χ0) is 15.8. The van der Waals surface area contributed by atoms with E-state index in [1.165, 1.54) is 5.56 Å². The Labute approximate surface area is 133 Å². The van der Waals surface area contributed by atoms with Gasteiger partial charge in [-0.3, -0.25) is 9.69 Å². The molecule has 0 saturated carbocycles. The predicted octanol–water partition coefficient (Wildman–Crippen LogP) is 2.75. The zero-order valence-electron chi connectivity index (χ0n) is 13.4. The summed E-state index contributed by atoms with van der Waals surface area (Å²) in [5.74, 6) is -0.107. The maximum atomic E-state index is 12.3. The maximum Gasteiger partial charge on any atom is 0.323 e. The van der Waals surface area contributed by atoms with E-state index >= 15 is 0 Å². The molecule has 1 aromatic rings. The third-order valence-corrected chi connectivity index (χ3v) is 4.33. The van der Waals surface area contributed by atoms with Crippen LogP contribution in [0.15, 0.2) is 30.3 Å². The Morgan fingerprint density at radius 1 is 1.32 bits per heavy atom. The molecule has 2 rings (SSSR count). The Bertz CT molecular complexity index is 449. The van der Waals surface area contributed by atoms with Gasteiger partial charge in [0, 0.05) is 19.2 Å². The molecule has 1 heterocycles. The van der Waals surface area contributed by atoms with E-state index in [1.807, 2.05) is 18.2 Å². The molecule has 1 aromatic carbocycles. The lowest BCUT2D eigenvalue weighted by atomic mass is 10.1. The monoisotopic (exact) mass is 305 g/mol. The molecule has 1 aliphatic heterocycles. The van der Waals surface area contributed by atoms with Crippen molar-refractivity contribution in [2.75, 3.05) is 13.2 Å². The fourth-order valence-corrected chi connectivity index (χ4v) is 3.10. The van der Waals surface area contributed by atoms with Gasteiger partial charge in [-0.2, -0.15) is 0 Å². The summed E-state index contributed by atoms with van der Waals surface area (Å²) in [5, 5.41) is 9.27. The van der Waals surface area contributed by atoms with E-state index in [0.29, 0.717) is 13.0 Å². The van der Waals surface area contributed by atoms with E-state index in [9.17, 15) is 9.90 Å².